The van der Waals surface area contributed by atoms with E-state index in [0.717, 1.165) is 0 Å². The van der Waals surface area contributed by atoms with Crippen LogP contribution in [0.3, 0.4) is 0 Å². The summed E-state index contributed by atoms with van der Waals surface area (Å²) in [4.78, 5) is 0. The van der Waals surface area contributed by atoms with Gasteiger partial charge in [-0.25, -0.2) is 0 Å². The molecule has 0 aliphatic rings. The molecule has 3 aromatic carbocycles. The molecule has 0 bridgehead atoms. The molecule has 3 rings (SSSR count). The zero-order chi connectivity index (χ0) is 18.5. The predicted molar refractivity (Wildman–Crippen MR) is 130 cm³/mol. The van der Waals surface area contributed by atoms with Gasteiger partial charge in [0, 0.05) is 0 Å². The molecule has 2 heteroatoms. The molecule has 0 saturated heterocycles. The average molecular weight is 441 g/mol. The molecule has 0 amide bonds. The molecule has 0 nitrogen and oxygen atoms in total. The standard InChI is InChI=1S/C18H15P.C7H14.BrH/c1-4-10-16(11-5-1)19(17-12-6-2-7-13-17)18-14-8-3-9-15-18;1-3-5-7-6-4-2;/h1-15H;3H,1,4-7H2,2H3;1H. The highest BCUT2D eigenvalue weighted by Crippen LogP contribution is 2.32. The van der Waals surface area contributed by atoms with Gasteiger partial charge < -0.3 is 0 Å². The van der Waals surface area contributed by atoms with Gasteiger partial charge in [-0.1, -0.05) is 117 Å². The lowest BCUT2D eigenvalue weighted by Crippen LogP contribution is -2.20. The van der Waals surface area contributed by atoms with Gasteiger partial charge in [0.15, 0.2) is 0 Å². The Hall–Kier alpha value is -1.69. The summed E-state index contributed by atoms with van der Waals surface area (Å²) in [5, 5.41) is 4.19. The summed E-state index contributed by atoms with van der Waals surface area (Å²) in [6, 6.07) is 32.3. The summed E-state index contributed by atoms with van der Waals surface area (Å²) in [6.45, 7) is 5.84. The van der Waals surface area contributed by atoms with Crippen LogP contribution in [-0.2, 0) is 0 Å². The molecule has 0 radical (unpaired) electrons. The van der Waals surface area contributed by atoms with E-state index >= 15 is 0 Å². The Morgan fingerprint density at radius 1 is 0.667 bits per heavy atom. The van der Waals surface area contributed by atoms with E-state index in [9.17, 15) is 0 Å². The van der Waals surface area contributed by atoms with Crippen LogP contribution in [0.2, 0.25) is 0 Å². The van der Waals surface area contributed by atoms with Crippen LogP contribution in [0.4, 0.5) is 0 Å². The largest absolute Gasteiger partial charge is 0.114 e. The molecule has 0 N–H and O–H groups in total. The van der Waals surface area contributed by atoms with Crippen LogP contribution in [0.5, 0.6) is 0 Å². The molecular weight excluding hydrogens is 411 g/mol. The molecule has 142 valence electrons. The molecule has 0 aliphatic heterocycles. The second-order valence-electron chi connectivity index (χ2n) is 6.13. The van der Waals surface area contributed by atoms with Gasteiger partial charge in [-0.05, 0) is 36.7 Å². The fourth-order valence-electron chi connectivity index (χ4n) is 2.72. The molecule has 0 aromatic heterocycles. The number of unbranched alkanes of at least 4 members (excludes halogenated alkanes) is 3. The van der Waals surface area contributed by atoms with Crippen LogP contribution >= 0.6 is 24.9 Å². The molecule has 0 aliphatic carbocycles. The van der Waals surface area contributed by atoms with Crippen LogP contribution in [0.1, 0.15) is 32.6 Å². The van der Waals surface area contributed by atoms with Gasteiger partial charge in [0.05, 0.1) is 0 Å². The minimum absolute atomic E-state index is 0. The lowest BCUT2D eigenvalue weighted by Gasteiger charge is -2.18. The molecule has 0 heterocycles. The minimum atomic E-state index is -0.446. The first-order valence-corrected chi connectivity index (χ1v) is 10.8. The molecule has 0 unspecified atom stereocenters. The van der Waals surface area contributed by atoms with Crippen molar-refractivity contribution in [3.63, 3.8) is 0 Å². The third-order valence-electron chi connectivity index (χ3n) is 4.05. The normalized spacial score (nSPS) is 9.70. The van der Waals surface area contributed by atoms with E-state index in [4.69, 9.17) is 0 Å². The van der Waals surface area contributed by atoms with Crippen molar-refractivity contribution in [2.75, 3.05) is 0 Å². The van der Waals surface area contributed by atoms with Crippen molar-refractivity contribution in [2.24, 2.45) is 0 Å². The maximum Gasteiger partial charge on any atom is -0.0134 e. The van der Waals surface area contributed by atoms with Crippen molar-refractivity contribution in [3.05, 3.63) is 104 Å². The van der Waals surface area contributed by atoms with E-state index in [1.807, 2.05) is 6.08 Å². The highest BCUT2D eigenvalue weighted by atomic mass is 79.9. The summed E-state index contributed by atoms with van der Waals surface area (Å²) >= 11 is 0. The molecular formula is C25H30BrP. The van der Waals surface area contributed by atoms with Gasteiger partial charge in [-0.15, -0.1) is 23.6 Å². The Bertz CT molecular complexity index is 632. The smallest absolute Gasteiger partial charge is 0.0134 e. The zero-order valence-corrected chi connectivity index (χ0v) is 18.7. The Morgan fingerprint density at radius 2 is 1.04 bits per heavy atom. The summed E-state index contributed by atoms with van der Waals surface area (Å²) in [6.07, 6.45) is 7.16. The first kappa shape index (κ1) is 23.3. The highest BCUT2D eigenvalue weighted by molar-refractivity contribution is 8.93. The van der Waals surface area contributed by atoms with E-state index in [-0.39, 0.29) is 17.0 Å². The second kappa shape index (κ2) is 14.4. The van der Waals surface area contributed by atoms with Crippen molar-refractivity contribution < 1.29 is 0 Å². The van der Waals surface area contributed by atoms with Crippen LogP contribution in [-0.4, -0.2) is 0 Å². The fourth-order valence-corrected chi connectivity index (χ4v) is 5.02. The van der Waals surface area contributed by atoms with Gasteiger partial charge in [0.2, 0.25) is 0 Å². The fraction of sp³-hybridized carbons (Fsp3) is 0.200. The zero-order valence-electron chi connectivity index (χ0n) is 16.1. The summed E-state index contributed by atoms with van der Waals surface area (Å²) in [7, 11) is -0.446. The topological polar surface area (TPSA) is 0 Å². The summed E-state index contributed by atoms with van der Waals surface area (Å²) in [5.74, 6) is 0. The highest BCUT2D eigenvalue weighted by Gasteiger charge is 2.14. The van der Waals surface area contributed by atoms with E-state index < -0.39 is 7.92 Å². The molecule has 27 heavy (non-hydrogen) atoms. The van der Waals surface area contributed by atoms with E-state index in [1.54, 1.807) is 0 Å². The van der Waals surface area contributed by atoms with Crippen LogP contribution in [0, 0.1) is 0 Å². The lowest BCUT2D eigenvalue weighted by molar-refractivity contribution is 0.730. The van der Waals surface area contributed by atoms with Gasteiger partial charge in [0.25, 0.3) is 0 Å². The molecule has 0 spiro atoms. The predicted octanol–water partition coefficient (Wildman–Crippen LogP) is 6.78. The maximum atomic E-state index is 3.63. The molecule has 0 saturated carbocycles. The Morgan fingerprint density at radius 3 is 1.33 bits per heavy atom. The number of hydrogen-bond acceptors (Lipinski definition) is 0. The number of hydrogen-bond donors (Lipinski definition) is 0. The first-order chi connectivity index (χ1) is 12.9. The van der Waals surface area contributed by atoms with Gasteiger partial charge in [0.1, 0.15) is 0 Å². The van der Waals surface area contributed by atoms with Crippen LogP contribution in [0.15, 0.2) is 104 Å². The first-order valence-electron chi connectivity index (χ1n) is 9.43. The second-order valence-corrected chi connectivity index (χ2v) is 8.35. The van der Waals surface area contributed by atoms with Gasteiger partial charge in [-0.2, -0.15) is 0 Å². The monoisotopic (exact) mass is 440 g/mol. The maximum absolute atomic E-state index is 3.63. The van der Waals surface area contributed by atoms with Crippen molar-refractivity contribution >= 4 is 40.8 Å². The van der Waals surface area contributed by atoms with E-state index in [1.165, 1.54) is 41.6 Å². The number of rotatable bonds is 7. The van der Waals surface area contributed by atoms with Crippen molar-refractivity contribution in [3.8, 4) is 0 Å². The molecule has 0 fully saturated rings. The van der Waals surface area contributed by atoms with Gasteiger partial charge >= 0.3 is 0 Å². The Kier molecular flexibility index (Phi) is 12.4. The van der Waals surface area contributed by atoms with Crippen molar-refractivity contribution in [1.29, 1.82) is 0 Å². The number of benzene rings is 3. The quantitative estimate of drug-likeness (QED) is 0.216. The van der Waals surface area contributed by atoms with E-state index in [2.05, 4.69) is 104 Å². The molecule has 0 atom stereocenters. The number of halogens is 1. The third-order valence-corrected chi connectivity index (χ3v) is 6.50. The van der Waals surface area contributed by atoms with Crippen molar-refractivity contribution in [1.82, 2.24) is 0 Å². The van der Waals surface area contributed by atoms with Crippen LogP contribution < -0.4 is 15.9 Å². The minimum Gasteiger partial charge on any atom is -0.114 e. The number of allylic oxidation sites excluding steroid dienone is 1. The van der Waals surface area contributed by atoms with Crippen LogP contribution in [0.25, 0.3) is 0 Å². The van der Waals surface area contributed by atoms with Gasteiger partial charge in [-0.3, -0.25) is 0 Å². The third kappa shape index (κ3) is 8.24. The Labute approximate surface area is 176 Å². The summed E-state index contributed by atoms with van der Waals surface area (Å²) in [5.41, 5.74) is 0. The summed E-state index contributed by atoms with van der Waals surface area (Å²) < 4.78 is 0. The lowest BCUT2D eigenvalue weighted by atomic mass is 10.2. The average Bonchev–Trinajstić information content (AvgIpc) is 2.72. The van der Waals surface area contributed by atoms with Crippen molar-refractivity contribution in [2.45, 2.75) is 32.6 Å². The molecule has 3 aromatic rings. The Balaban J connectivity index is 0.000000395. The van der Waals surface area contributed by atoms with E-state index in [0.29, 0.717) is 0 Å². The SMILES string of the molecule is Br.C=CCCCCC.c1ccc(P(c2ccccc2)c2ccccc2)cc1.